The monoisotopic (exact) mass is 745 g/mol. The fourth-order valence-corrected chi connectivity index (χ4v) is 6.85. The van der Waals surface area contributed by atoms with Crippen molar-refractivity contribution in [3.05, 3.63) is 59.9 Å². The number of aromatic nitrogens is 3. The molecule has 6 atom stereocenters. The highest BCUT2D eigenvalue weighted by Gasteiger charge is 2.45. The Hall–Kier alpha value is -5.38. The Labute approximate surface area is 314 Å². The van der Waals surface area contributed by atoms with Gasteiger partial charge in [0.25, 0.3) is 0 Å². The molecular weight excluding hydrogens is 694 g/mol. The molecule has 5 rings (SSSR count). The number of aliphatic carboxylic acids is 1. The molecule has 2 aromatic carbocycles. The van der Waals surface area contributed by atoms with Crippen LogP contribution in [0.5, 0.6) is 0 Å². The number of hydrogen-bond donors (Lipinski definition) is 6. The molecule has 4 bridgehead atoms. The van der Waals surface area contributed by atoms with Crippen LogP contribution in [0.15, 0.2) is 48.7 Å². The van der Waals surface area contributed by atoms with Crippen molar-refractivity contribution < 1.29 is 33.9 Å². The smallest absolute Gasteiger partial charge is 0.326 e. The predicted octanol–water partition coefficient (Wildman–Crippen LogP) is 0.852. The van der Waals surface area contributed by atoms with Gasteiger partial charge in [-0.1, -0.05) is 61.5 Å². The van der Waals surface area contributed by atoms with Crippen LogP contribution in [0, 0.1) is 5.92 Å². The summed E-state index contributed by atoms with van der Waals surface area (Å²) in [5.41, 5.74) is 1.30. The number of rotatable bonds is 8. The minimum Gasteiger partial charge on any atom is -0.480 e. The lowest BCUT2D eigenvalue weighted by Crippen LogP contribution is -2.59. The van der Waals surface area contributed by atoms with E-state index >= 15 is 0 Å². The Morgan fingerprint density at radius 3 is 2.46 bits per heavy atom. The number of amides is 5. The van der Waals surface area contributed by atoms with E-state index < -0.39 is 59.9 Å². The Morgan fingerprint density at radius 1 is 0.981 bits per heavy atom. The van der Waals surface area contributed by atoms with Crippen molar-refractivity contribution >= 4 is 46.3 Å². The molecule has 0 saturated carbocycles. The standard InChI is InChI=1S/C38H51N9O7/c1-22(2)33(43-34(49)23(3)39-4)37(52)46-21-28-19-31(46)36(51)42-30(18-24-12-13-25-9-5-6-10-26(25)17-24)35(50)41-29(38(53)54)11-7-8-16-40-32(48)15-14-27-20-47(28)45-44-27/h5-6,9-10,12-13,17,20,22-23,28-31,33,39H,7-8,11,14-16,18-19,21H2,1-4H3,(H,40,48)(H,41,50)(H,42,51)(H,43,49)(H,53,54)/t23-,28-,29-,30-,31-,33-/m0/s1. The van der Waals surface area contributed by atoms with Crippen LogP contribution >= 0.6 is 0 Å². The van der Waals surface area contributed by atoms with Gasteiger partial charge in [0, 0.05) is 45.0 Å². The molecule has 2 aliphatic rings. The number of benzene rings is 2. The normalized spacial score (nSPS) is 22.8. The highest BCUT2D eigenvalue weighted by molar-refractivity contribution is 5.96. The number of likely N-dealkylation sites (tertiary alicyclic amines) is 1. The molecule has 54 heavy (non-hydrogen) atoms. The molecule has 0 radical (unpaired) electrons. The average molecular weight is 746 g/mol. The molecule has 3 heterocycles. The molecule has 5 amide bonds. The number of carboxylic acid groups (broad SMARTS) is 1. The van der Waals surface area contributed by atoms with E-state index in [1.807, 2.05) is 42.5 Å². The second-order valence-corrected chi connectivity index (χ2v) is 14.5. The highest BCUT2D eigenvalue weighted by Crippen LogP contribution is 2.29. The molecule has 1 saturated heterocycles. The zero-order valence-electron chi connectivity index (χ0n) is 31.2. The van der Waals surface area contributed by atoms with E-state index in [9.17, 15) is 33.9 Å². The van der Waals surface area contributed by atoms with Gasteiger partial charge in [0.05, 0.1) is 17.8 Å². The van der Waals surface area contributed by atoms with E-state index in [0.717, 1.165) is 16.3 Å². The first kappa shape index (κ1) is 39.8. The van der Waals surface area contributed by atoms with Gasteiger partial charge in [0.15, 0.2) is 0 Å². The molecule has 16 heteroatoms. The molecule has 1 aromatic heterocycles. The zero-order chi connectivity index (χ0) is 38.9. The summed E-state index contributed by atoms with van der Waals surface area (Å²) in [6, 6.07) is 7.86. The van der Waals surface area contributed by atoms with Gasteiger partial charge >= 0.3 is 5.97 Å². The third-order valence-electron chi connectivity index (χ3n) is 10.2. The summed E-state index contributed by atoms with van der Waals surface area (Å²) in [7, 11) is 1.64. The maximum absolute atomic E-state index is 14.4. The lowest BCUT2D eigenvalue weighted by Gasteiger charge is -2.32. The molecule has 3 aromatic rings. The van der Waals surface area contributed by atoms with Crippen molar-refractivity contribution in [2.24, 2.45) is 5.92 Å². The van der Waals surface area contributed by atoms with Crippen LogP contribution < -0.4 is 26.6 Å². The molecule has 0 aliphatic carbocycles. The molecule has 6 N–H and O–H groups in total. The number of hydrogen-bond acceptors (Lipinski definition) is 9. The van der Waals surface area contributed by atoms with Crippen molar-refractivity contribution in [2.75, 3.05) is 20.1 Å². The van der Waals surface area contributed by atoms with Crippen LogP contribution in [0.3, 0.4) is 0 Å². The second kappa shape index (κ2) is 18.1. The Bertz CT molecular complexity index is 1850. The lowest BCUT2D eigenvalue weighted by molar-refractivity contribution is -0.144. The van der Waals surface area contributed by atoms with Crippen LogP contribution in [0.2, 0.25) is 0 Å². The summed E-state index contributed by atoms with van der Waals surface area (Å²) in [5.74, 6) is -3.89. The molecule has 16 nitrogen and oxygen atoms in total. The van der Waals surface area contributed by atoms with E-state index in [4.69, 9.17) is 0 Å². The quantitative estimate of drug-likeness (QED) is 0.191. The third kappa shape index (κ3) is 9.98. The fourth-order valence-electron chi connectivity index (χ4n) is 6.85. The van der Waals surface area contributed by atoms with Gasteiger partial charge in [-0.15, -0.1) is 5.10 Å². The van der Waals surface area contributed by atoms with Crippen LogP contribution in [0.1, 0.15) is 70.2 Å². The van der Waals surface area contributed by atoms with E-state index in [2.05, 4.69) is 36.9 Å². The largest absolute Gasteiger partial charge is 0.480 e. The number of carboxylic acids is 1. The summed E-state index contributed by atoms with van der Waals surface area (Å²) in [4.78, 5) is 81.9. The van der Waals surface area contributed by atoms with Gasteiger partial charge in [-0.3, -0.25) is 24.0 Å². The van der Waals surface area contributed by atoms with E-state index in [-0.39, 0.29) is 50.0 Å². The summed E-state index contributed by atoms with van der Waals surface area (Å²) in [6.45, 7) is 5.67. The molecule has 290 valence electrons. The average Bonchev–Trinajstić information content (AvgIpc) is 3.82. The Morgan fingerprint density at radius 2 is 1.74 bits per heavy atom. The molecule has 2 aliphatic heterocycles. The number of likely N-dealkylation sites (N-methyl/N-ethyl adjacent to an activating group) is 1. The molecule has 1 fully saturated rings. The molecule has 0 spiro atoms. The number of fused-ring (bicyclic) bond motifs is 6. The molecule has 0 unspecified atom stereocenters. The Balaban J connectivity index is 1.50. The van der Waals surface area contributed by atoms with Crippen molar-refractivity contribution in [1.29, 1.82) is 0 Å². The van der Waals surface area contributed by atoms with Crippen molar-refractivity contribution in [3.63, 3.8) is 0 Å². The van der Waals surface area contributed by atoms with Crippen LogP contribution in [-0.2, 0) is 41.6 Å². The van der Waals surface area contributed by atoms with Gasteiger partial charge < -0.3 is 36.6 Å². The van der Waals surface area contributed by atoms with Gasteiger partial charge in [-0.25, -0.2) is 9.48 Å². The topological polar surface area (TPSA) is 217 Å². The maximum Gasteiger partial charge on any atom is 0.326 e. The van der Waals surface area contributed by atoms with Crippen LogP contribution in [0.4, 0.5) is 0 Å². The summed E-state index contributed by atoms with van der Waals surface area (Å²) < 4.78 is 1.59. The van der Waals surface area contributed by atoms with Crippen LogP contribution in [0.25, 0.3) is 10.8 Å². The Kier molecular flexibility index (Phi) is 13.3. The summed E-state index contributed by atoms with van der Waals surface area (Å²) in [6.07, 6.45) is 3.37. The highest BCUT2D eigenvalue weighted by atomic mass is 16.4. The summed E-state index contributed by atoms with van der Waals surface area (Å²) in [5, 5.41) is 34.5. The predicted molar refractivity (Wildman–Crippen MR) is 199 cm³/mol. The number of carbonyl (C=O) groups is 6. The van der Waals surface area contributed by atoms with Crippen molar-refractivity contribution in [1.82, 2.24) is 46.5 Å². The van der Waals surface area contributed by atoms with Crippen LogP contribution in [-0.4, -0.2) is 111 Å². The first-order valence-corrected chi connectivity index (χ1v) is 18.6. The minimum atomic E-state index is -1.24. The number of aryl methyl sites for hydroxylation is 1. The minimum absolute atomic E-state index is 0.0455. The number of nitrogens with zero attached hydrogens (tertiary/aromatic N) is 4. The second-order valence-electron chi connectivity index (χ2n) is 14.5. The summed E-state index contributed by atoms with van der Waals surface area (Å²) >= 11 is 0. The van der Waals surface area contributed by atoms with E-state index in [1.54, 1.807) is 38.7 Å². The van der Waals surface area contributed by atoms with E-state index in [0.29, 0.717) is 31.5 Å². The van der Waals surface area contributed by atoms with E-state index in [1.165, 1.54) is 4.90 Å². The lowest BCUT2D eigenvalue weighted by atomic mass is 9.99. The number of carbonyl (C=O) groups excluding carboxylic acids is 5. The SMILES string of the molecule is CN[C@@H](C)C(=O)N[C@H](C(=O)N1C[C@@H]2C[C@H]1C(=O)N[C@@H](Cc1ccc3ccccc3c1)C(=O)N[C@H](C(=O)O)CCCCNC(=O)CCc1cn2nn1)C(C)C. The van der Waals surface area contributed by atoms with Crippen molar-refractivity contribution in [2.45, 2.75) is 102 Å². The first-order valence-electron chi connectivity index (χ1n) is 18.6. The van der Waals surface area contributed by atoms with Gasteiger partial charge in [0.1, 0.15) is 24.2 Å². The number of nitrogens with one attached hydrogen (secondary N) is 5. The third-order valence-corrected chi connectivity index (χ3v) is 10.2. The van der Waals surface area contributed by atoms with Crippen molar-refractivity contribution in [3.8, 4) is 0 Å². The molecular formula is C38H51N9O7. The first-order chi connectivity index (χ1) is 25.8. The maximum atomic E-state index is 14.4. The van der Waals surface area contributed by atoms with Gasteiger partial charge in [-0.2, -0.15) is 0 Å². The van der Waals surface area contributed by atoms with Gasteiger partial charge in [0.2, 0.25) is 29.5 Å². The fraction of sp³-hybridized carbons (Fsp3) is 0.526. The zero-order valence-corrected chi connectivity index (χ0v) is 31.2. The van der Waals surface area contributed by atoms with Gasteiger partial charge in [-0.05, 0) is 55.5 Å².